The van der Waals surface area contributed by atoms with E-state index in [0.29, 0.717) is 6.54 Å². The number of esters is 1. The fraction of sp³-hybridized carbons (Fsp3) is 0.909. The Kier molecular flexibility index (Phi) is 5.72. The van der Waals surface area contributed by atoms with Crippen LogP contribution < -0.4 is 5.32 Å². The van der Waals surface area contributed by atoms with Gasteiger partial charge in [0.15, 0.2) is 0 Å². The van der Waals surface area contributed by atoms with Crippen LogP contribution in [0, 0.1) is 0 Å². The first kappa shape index (κ1) is 16.4. The van der Waals surface area contributed by atoms with Crippen LogP contribution in [0.4, 0.5) is 0 Å². The first-order chi connectivity index (χ1) is 8.82. The van der Waals surface area contributed by atoms with Crippen molar-refractivity contribution in [2.75, 3.05) is 33.3 Å². The maximum Gasteiger partial charge on any atom is 0.325 e. The summed E-state index contributed by atoms with van der Waals surface area (Å²) in [4.78, 5) is 11.9. The Morgan fingerprint density at radius 3 is 2.68 bits per heavy atom. The molecule has 0 bridgehead atoms. The van der Waals surface area contributed by atoms with E-state index in [-0.39, 0.29) is 25.7 Å². The summed E-state index contributed by atoms with van der Waals surface area (Å²) < 4.78 is 32.4. The lowest BCUT2D eigenvalue weighted by molar-refractivity contribution is -0.148. The third kappa shape index (κ3) is 3.65. The van der Waals surface area contributed by atoms with Gasteiger partial charge in [-0.15, -0.1) is 0 Å². The smallest absolute Gasteiger partial charge is 0.325 e. The molecule has 1 aliphatic heterocycles. The molecule has 1 N–H and O–H groups in total. The van der Waals surface area contributed by atoms with Gasteiger partial charge in [-0.25, -0.2) is 0 Å². The highest BCUT2D eigenvalue weighted by Crippen LogP contribution is 2.16. The fourth-order valence-electron chi connectivity index (χ4n) is 1.83. The molecular formula is C11H23N3O4S. The topological polar surface area (TPSA) is 79.0 Å². The van der Waals surface area contributed by atoms with Crippen molar-refractivity contribution in [1.82, 2.24) is 13.9 Å². The quantitative estimate of drug-likeness (QED) is 0.685. The summed E-state index contributed by atoms with van der Waals surface area (Å²) in [6, 6.07) is -0.956. The molecule has 1 heterocycles. The summed E-state index contributed by atoms with van der Waals surface area (Å²) >= 11 is 0. The molecule has 0 aromatic carbocycles. The van der Waals surface area contributed by atoms with Gasteiger partial charge in [0.05, 0.1) is 6.61 Å². The zero-order valence-corrected chi connectivity index (χ0v) is 12.7. The number of ether oxygens (including phenoxy) is 1. The minimum atomic E-state index is -3.65. The van der Waals surface area contributed by atoms with Crippen LogP contribution in [-0.4, -0.2) is 68.4 Å². The second-order valence-corrected chi connectivity index (χ2v) is 6.64. The molecule has 0 spiro atoms. The molecule has 1 atom stereocenters. The fourth-order valence-corrected chi connectivity index (χ4v) is 3.50. The van der Waals surface area contributed by atoms with E-state index in [2.05, 4.69) is 5.32 Å². The Labute approximate surface area is 115 Å². The zero-order chi connectivity index (χ0) is 14.6. The van der Waals surface area contributed by atoms with Gasteiger partial charge in [-0.2, -0.15) is 17.0 Å². The highest BCUT2D eigenvalue weighted by molar-refractivity contribution is 7.86. The van der Waals surface area contributed by atoms with Crippen LogP contribution in [0.5, 0.6) is 0 Å². The minimum absolute atomic E-state index is 0.164. The molecule has 0 radical (unpaired) electrons. The van der Waals surface area contributed by atoms with Gasteiger partial charge in [-0.1, -0.05) is 0 Å². The van der Waals surface area contributed by atoms with Crippen molar-refractivity contribution in [3.05, 3.63) is 0 Å². The molecular weight excluding hydrogens is 270 g/mol. The number of carbonyl (C=O) groups is 1. The molecule has 1 unspecified atom stereocenters. The largest absolute Gasteiger partial charge is 0.465 e. The van der Waals surface area contributed by atoms with E-state index in [1.165, 1.54) is 15.7 Å². The van der Waals surface area contributed by atoms with Gasteiger partial charge in [0.2, 0.25) is 0 Å². The molecule has 0 amide bonds. The van der Waals surface area contributed by atoms with Crippen molar-refractivity contribution in [3.8, 4) is 0 Å². The molecule has 112 valence electrons. The number of piperazine rings is 1. The second-order valence-electron chi connectivity index (χ2n) is 4.70. The first-order valence-electron chi connectivity index (χ1n) is 6.44. The highest BCUT2D eigenvalue weighted by Gasteiger charge is 2.40. The molecule has 0 aromatic rings. The monoisotopic (exact) mass is 293 g/mol. The normalized spacial score (nSPS) is 21.9. The van der Waals surface area contributed by atoms with E-state index in [9.17, 15) is 13.2 Å². The maximum absolute atomic E-state index is 12.5. The average Bonchev–Trinajstić information content (AvgIpc) is 2.38. The maximum atomic E-state index is 12.5. The summed E-state index contributed by atoms with van der Waals surface area (Å²) in [5.74, 6) is -0.504. The Morgan fingerprint density at radius 1 is 1.53 bits per heavy atom. The van der Waals surface area contributed by atoms with Gasteiger partial charge in [-0.3, -0.25) is 4.79 Å². The zero-order valence-electron chi connectivity index (χ0n) is 11.9. The molecule has 0 aliphatic carbocycles. The highest BCUT2D eigenvalue weighted by atomic mass is 32.2. The van der Waals surface area contributed by atoms with E-state index >= 15 is 0 Å². The predicted molar refractivity (Wildman–Crippen MR) is 71.8 cm³/mol. The Bertz CT molecular complexity index is 410. The standard InChI is InChI=1S/C11H23N3O4S/c1-5-18-11(15)10-8-12-6-7-14(10)19(16,17)13(4)9(2)3/h9-10,12H,5-8H2,1-4H3. The number of nitrogens with one attached hydrogen (secondary N) is 1. The third-order valence-electron chi connectivity index (χ3n) is 3.14. The molecule has 8 heteroatoms. The average molecular weight is 293 g/mol. The number of hydrogen-bond acceptors (Lipinski definition) is 5. The summed E-state index contributed by atoms with van der Waals surface area (Å²) in [6.07, 6.45) is 0. The SMILES string of the molecule is CCOC(=O)C1CNCCN1S(=O)(=O)N(C)C(C)C. The van der Waals surface area contributed by atoms with E-state index in [4.69, 9.17) is 4.74 Å². The van der Waals surface area contributed by atoms with Gasteiger partial charge in [0.25, 0.3) is 10.2 Å². The predicted octanol–water partition coefficient (Wildman–Crippen LogP) is -0.592. The molecule has 1 fully saturated rings. The van der Waals surface area contributed by atoms with Crippen LogP contribution in [0.2, 0.25) is 0 Å². The number of nitrogens with zero attached hydrogens (tertiary/aromatic N) is 2. The summed E-state index contributed by atoms with van der Waals surface area (Å²) in [6.45, 7) is 6.60. The van der Waals surface area contributed by atoms with Gasteiger partial charge in [0, 0.05) is 32.7 Å². The van der Waals surface area contributed by atoms with Crippen LogP contribution in [0.1, 0.15) is 20.8 Å². The van der Waals surface area contributed by atoms with E-state index < -0.39 is 22.2 Å². The van der Waals surface area contributed by atoms with Crippen LogP contribution in [0.3, 0.4) is 0 Å². The van der Waals surface area contributed by atoms with Gasteiger partial charge in [-0.05, 0) is 20.8 Å². The molecule has 19 heavy (non-hydrogen) atoms. The van der Waals surface area contributed by atoms with Crippen molar-refractivity contribution < 1.29 is 17.9 Å². The molecule has 7 nitrogen and oxygen atoms in total. The number of hydrogen-bond donors (Lipinski definition) is 1. The number of carbonyl (C=O) groups excluding carboxylic acids is 1. The van der Waals surface area contributed by atoms with Gasteiger partial charge in [0.1, 0.15) is 6.04 Å². The molecule has 0 aromatic heterocycles. The van der Waals surface area contributed by atoms with Crippen molar-refractivity contribution in [1.29, 1.82) is 0 Å². The molecule has 1 aliphatic rings. The Balaban J connectivity index is 2.96. The molecule has 1 rings (SSSR count). The van der Waals surface area contributed by atoms with Crippen molar-refractivity contribution in [3.63, 3.8) is 0 Å². The first-order valence-corrected chi connectivity index (χ1v) is 7.84. The van der Waals surface area contributed by atoms with Crippen molar-refractivity contribution in [2.24, 2.45) is 0 Å². The Morgan fingerprint density at radius 2 is 2.16 bits per heavy atom. The molecule has 0 saturated carbocycles. The lowest BCUT2D eigenvalue weighted by Crippen LogP contribution is -2.60. The lowest BCUT2D eigenvalue weighted by Gasteiger charge is -2.36. The molecule has 1 saturated heterocycles. The summed E-state index contributed by atoms with van der Waals surface area (Å²) in [7, 11) is -2.13. The van der Waals surface area contributed by atoms with Gasteiger partial charge < -0.3 is 10.1 Å². The Hall–Kier alpha value is -0.700. The van der Waals surface area contributed by atoms with Crippen LogP contribution in [-0.2, 0) is 19.7 Å². The lowest BCUT2D eigenvalue weighted by atomic mass is 10.2. The van der Waals surface area contributed by atoms with E-state index in [1.807, 2.05) is 0 Å². The van der Waals surface area contributed by atoms with Gasteiger partial charge >= 0.3 is 5.97 Å². The summed E-state index contributed by atoms with van der Waals surface area (Å²) in [5, 5.41) is 3.02. The third-order valence-corrected chi connectivity index (χ3v) is 5.32. The second kappa shape index (κ2) is 6.65. The summed E-state index contributed by atoms with van der Waals surface area (Å²) in [5.41, 5.74) is 0. The van der Waals surface area contributed by atoms with E-state index in [0.717, 1.165) is 0 Å². The van der Waals surface area contributed by atoms with Crippen molar-refractivity contribution in [2.45, 2.75) is 32.9 Å². The number of rotatable bonds is 5. The van der Waals surface area contributed by atoms with Crippen LogP contribution >= 0.6 is 0 Å². The van der Waals surface area contributed by atoms with Crippen LogP contribution in [0.15, 0.2) is 0 Å². The van der Waals surface area contributed by atoms with E-state index in [1.54, 1.807) is 20.8 Å². The van der Waals surface area contributed by atoms with Crippen LogP contribution in [0.25, 0.3) is 0 Å². The minimum Gasteiger partial charge on any atom is -0.465 e. The van der Waals surface area contributed by atoms with Crippen molar-refractivity contribution >= 4 is 16.2 Å².